The van der Waals surface area contributed by atoms with Gasteiger partial charge in [0.1, 0.15) is 0 Å². The molecule has 1 aliphatic heterocycles. The van der Waals surface area contributed by atoms with Gasteiger partial charge in [0.2, 0.25) is 0 Å². The van der Waals surface area contributed by atoms with Crippen LogP contribution in [0.3, 0.4) is 0 Å². The molecule has 0 aliphatic carbocycles. The van der Waals surface area contributed by atoms with Gasteiger partial charge in [0.05, 0.1) is 10.6 Å². The second-order valence-electron chi connectivity index (χ2n) is 8.84. The summed E-state index contributed by atoms with van der Waals surface area (Å²) >= 11 is 4.97. The Morgan fingerprint density at radius 2 is 1.66 bits per heavy atom. The van der Waals surface area contributed by atoms with E-state index in [0.29, 0.717) is 4.91 Å². The third-order valence-corrected chi connectivity index (χ3v) is 7.65. The number of carbonyl (C=O) groups is 1. The van der Waals surface area contributed by atoms with E-state index in [1.165, 1.54) is 17.3 Å². The standard InChI is InChI=1S/C29H26BrN3OS/c1-19(2)33-28(34)27(35-29(33)31-23-9-5-4-6-10-23)17-25-20(3)32(26-12-8-7-11-24(25)26)18-21-13-15-22(30)16-14-21/h4-17,19H,18H2,1-3H3/b27-17+,31-29?. The van der Waals surface area contributed by atoms with Crippen molar-refractivity contribution in [3.8, 4) is 0 Å². The number of hydrogen-bond donors (Lipinski definition) is 0. The number of aromatic nitrogens is 1. The normalized spacial score (nSPS) is 16.4. The van der Waals surface area contributed by atoms with Gasteiger partial charge in [-0.2, -0.15) is 0 Å². The first-order chi connectivity index (χ1) is 16.9. The van der Waals surface area contributed by atoms with Gasteiger partial charge in [-0.1, -0.05) is 64.5 Å². The fraction of sp³-hybridized carbons (Fsp3) is 0.172. The molecule has 4 aromatic rings. The molecule has 6 heteroatoms. The SMILES string of the molecule is Cc1c(/C=C2/SC(=Nc3ccccc3)N(C(C)C)C2=O)c2ccccc2n1Cc1ccc(Br)cc1. The Balaban J connectivity index is 1.58. The third kappa shape index (κ3) is 4.73. The number of aliphatic imine (C=N–C) groups is 1. The zero-order valence-corrected chi connectivity index (χ0v) is 22.3. The van der Waals surface area contributed by atoms with Crippen molar-refractivity contribution >= 4 is 61.4 Å². The quantitative estimate of drug-likeness (QED) is 0.241. The molecule has 1 aliphatic rings. The molecule has 1 fully saturated rings. The second-order valence-corrected chi connectivity index (χ2v) is 10.8. The highest BCUT2D eigenvalue weighted by Gasteiger charge is 2.35. The number of para-hydroxylation sites is 2. The molecular formula is C29H26BrN3OS. The van der Waals surface area contributed by atoms with Gasteiger partial charge in [0.25, 0.3) is 5.91 Å². The van der Waals surface area contributed by atoms with E-state index < -0.39 is 0 Å². The molecule has 5 rings (SSSR count). The van der Waals surface area contributed by atoms with E-state index >= 15 is 0 Å². The monoisotopic (exact) mass is 543 g/mol. The molecule has 1 amide bonds. The summed E-state index contributed by atoms with van der Waals surface area (Å²) in [7, 11) is 0. The van der Waals surface area contributed by atoms with Gasteiger partial charge in [-0.15, -0.1) is 0 Å². The summed E-state index contributed by atoms with van der Waals surface area (Å²) in [4.78, 5) is 20.8. The molecule has 0 atom stereocenters. The van der Waals surface area contributed by atoms with Crippen LogP contribution >= 0.6 is 27.7 Å². The summed E-state index contributed by atoms with van der Waals surface area (Å²) in [5.41, 5.74) is 5.45. The van der Waals surface area contributed by atoms with Gasteiger partial charge in [0.15, 0.2) is 5.17 Å². The molecule has 0 saturated carbocycles. The molecule has 0 spiro atoms. The molecule has 1 saturated heterocycles. The van der Waals surface area contributed by atoms with Crippen molar-refractivity contribution in [2.45, 2.75) is 33.4 Å². The van der Waals surface area contributed by atoms with Crippen LogP contribution < -0.4 is 0 Å². The number of rotatable bonds is 5. The minimum Gasteiger partial charge on any atom is -0.340 e. The van der Waals surface area contributed by atoms with E-state index in [0.717, 1.165) is 44.0 Å². The maximum Gasteiger partial charge on any atom is 0.266 e. The molecule has 0 bridgehead atoms. The first-order valence-corrected chi connectivity index (χ1v) is 13.2. The summed E-state index contributed by atoms with van der Waals surface area (Å²) in [6, 6.07) is 26.6. The van der Waals surface area contributed by atoms with Gasteiger partial charge < -0.3 is 4.57 Å². The topological polar surface area (TPSA) is 37.6 Å². The Bertz CT molecular complexity index is 1450. The van der Waals surface area contributed by atoms with Crippen molar-refractivity contribution in [1.82, 2.24) is 9.47 Å². The van der Waals surface area contributed by atoms with E-state index in [-0.39, 0.29) is 11.9 Å². The number of halogens is 1. The highest BCUT2D eigenvalue weighted by atomic mass is 79.9. The van der Waals surface area contributed by atoms with Crippen LogP contribution in [0, 0.1) is 6.92 Å². The van der Waals surface area contributed by atoms with Crippen LogP contribution in [0.25, 0.3) is 17.0 Å². The highest BCUT2D eigenvalue weighted by molar-refractivity contribution is 9.10. The van der Waals surface area contributed by atoms with Crippen LogP contribution in [-0.2, 0) is 11.3 Å². The lowest BCUT2D eigenvalue weighted by Gasteiger charge is -2.19. The Hall–Kier alpha value is -3.09. The molecule has 0 N–H and O–H groups in total. The van der Waals surface area contributed by atoms with Crippen LogP contribution in [0.2, 0.25) is 0 Å². The fourth-order valence-corrected chi connectivity index (χ4v) is 5.75. The number of benzene rings is 3. The molecular weight excluding hydrogens is 518 g/mol. The Morgan fingerprint density at radius 3 is 2.37 bits per heavy atom. The maximum atomic E-state index is 13.5. The zero-order valence-electron chi connectivity index (χ0n) is 19.9. The number of thioether (sulfide) groups is 1. The molecule has 1 aromatic heterocycles. The van der Waals surface area contributed by atoms with Crippen molar-refractivity contribution in [2.24, 2.45) is 4.99 Å². The van der Waals surface area contributed by atoms with Crippen molar-refractivity contribution < 1.29 is 4.79 Å². The van der Waals surface area contributed by atoms with Crippen LogP contribution in [0.1, 0.15) is 30.7 Å². The van der Waals surface area contributed by atoms with Crippen LogP contribution in [0.5, 0.6) is 0 Å². The third-order valence-electron chi connectivity index (χ3n) is 6.14. The number of fused-ring (bicyclic) bond motifs is 1. The average Bonchev–Trinajstić information content (AvgIpc) is 3.30. The Labute approximate surface area is 218 Å². The van der Waals surface area contributed by atoms with E-state index in [1.54, 1.807) is 4.90 Å². The Morgan fingerprint density at radius 1 is 0.971 bits per heavy atom. The highest BCUT2D eigenvalue weighted by Crippen LogP contribution is 2.38. The molecule has 2 heterocycles. The predicted molar refractivity (Wildman–Crippen MR) is 151 cm³/mol. The largest absolute Gasteiger partial charge is 0.340 e. The molecule has 4 nitrogen and oxygen atoms in total. The number of amidine groups is 1. The first-order valence-electron chi connectivity index (χ1n) is 11.6. The van der Waals surface area contributed by atoms with Crippen molar-refractivity contribution in [3.63, 3.8) is 0 Å². The predicted octanol–water partition coefficient (Wildman–Crippen LogP) is 7.77. The van der Waals surface area contributed by atoms with E-state index in [2.05, 4.69) is 76.0 Å². The lowest BCUT2D eigenvalue weighted by atomic mass is 10.1. The molecule has 3 aromatic carbocycles. The van der Waals surface area contributed by atoms with E-state index in [9.17, 15) is 4.79 Å². The molecule has 0 unspecified atom stereocenters. The number of amides is 1. The van der Waals surface area contributed by atoms with Crippen LogP contribution in [-0.4, -0.2) is 26.6 Å². The van der Waals surface area contributed by atoms with Gasteiger partial charge >= 0.3 is 0 Å². The van der Waals surface area contributed by atoms with Gasteiger partial charge in [0, 0.05) is 39.2 Å². The fourth-order valence-electron chi connectivity index (χ4n) is 4.38. The van der Waals surface area contributed by atoms with Crippen molar-refractivity contribution in [1.29, 1.82) is 0 Å². The van der Waals surface area contributed by atoms with Gasteiger partial charge in [-0.25, -0.2) is 4.99 Å². The van der Waals surface area contributed by atoms with E-state index in [4.69, 9.17) is 4.99 Å². The summed E-state index contributed by atoms with van der Waals surface area (Å²) in [6.45, 7) is 6.95. The van der Waals surface area contributed by atoms with E-state index in [1.807, 2.05) is 50.3 Å². The lowest BCUT2D eigenvalue weighted by molar-refractivity contribution is -0.123. The average molecular weight is 545 g/mol. The lowest BCUT2D eigenvalue weighted by Crippen LogP contribution is -2.35. The van der Waals surface area contributed by atoms with Crippen molar-refractivity contribution in [3.05, 3.63) is 105 Å². The summed E-state index contributed by atoms with van der Waals surface area (Å²) in [6.07, 6.45) is 2.05. The summed E-state index contributed by atoms with van der Waals surface area (Å²) in [5, 5.41) is 1.87. The first kappa shape index (κ1) is 23.6. The number of nitrogens with zero attached hydrogens (tertiary/aromatic N) is 3. The van der Waals surface area contributed by atoms with Gasteiger partial charge in [-0.05, 0) is 74.5 Å². The maximum absolute atomic E-state index is 13.5. The Kier molecular flexibility index (Phi) is 6.67. The van der Waals surface area contributed by atoms with Gasteiger partial charge in [-0.3, -0.25) is 9.69 Å². The minimum absolute atomic E-state index is 0.00354. The summed E-state index contributed by atoms with van der Waals surface area (Å²) in [5.74, 6) is 0.00354. The van der Waals surface area contributed by atoms with Crippen LogP contribution in [0.4, 0.5) is 5.69 Å². The molecule has 0 radical (unpaired) electrons. The van der Waals surface area contributed by atoms with Crippen LogP contribution in [0.15, 0.2) is 93.2 Å². The second kappa shape index (κ2) is 9.88. The molecule has 35 heavy (non-hydrogen) atoms. The molecule has 176 valence electrons. The van der Waals surface area contributed by atoms with Crippen molar-refractivity contribution in [2.75, 3.05) is 0 Å². The number of carbonyl (C=O) groups excluding carboxylic acids is 1. The summed E-state index contributed by atoms with van der Waals surface area (Å²) < 4.78 is 3.40. The minimum atomic E-state index is 0.00354. The number of hydrogen-bond acceptors (Lipinski definition) is 3. The smallest absolute Gasteiger partial charge is 0.266 e. The zero-order chi connectivity index (χ0) is 24.5.